The molecule has 1 aromatic heterocycles. The quantitative estimate of drug-likeness (QED) is 0.653. The number of carbonyl (C=O) groups is 1. The summed E-state index contributed by atoms with van der Waals surface area (Å²) in [5, 5.41) is 0. The smallest absolute Gasteiger partial charge is 0.359 e. The molecule has 0 unspecified atom stereocenters. The van der Waals surface area contributed by atoms with Crippen LogP contribution in [0.1, 0.15) is 23.1 Å². The van der Waals surface area contributed by atoms with Gasteiger partial charge in [-0.3, -0.25) is 0 Å². The summed E-state index contributed by atoms with van der Waals surface area (Å²) < 4.78 is 17.4. The highest BCUT2D eigenvalue weighted by Gasteiger charge is 2.13. The summed E-state index contributed by atoms with van der Waals surface area (Å²) in [5.41, 5.74) is 0.420. The Balaban J connectivity index is 3.11. The Kier molecular flexibility index (Phi) is 2.95. The number of aromatic nitrogens is 1. The zero-order chi connectivity index (χ0) is 9.84. The number of esters is 1. The molecule has 0 spiro atoms. The summed E-state index contributed by atoms with van der Waals surface area (Å²) in [4.78, 5) is 14.8. The van der Waals surface area contributed by atoms with E-state index >= 15 is 0 Å². The van der Waals surface area contributed by atoms with Crippen LogP contribution >= 0.6 is 0 Å². The van der Waals surface area contributed by atoms with Crippen LogP contribution in [-0.2, 0) is 11.2 Å². The molecule has 0 N–H and O–H groups in total. The molecule has 1 rings (SSSR count). The van der Waals surface area contributed by atoms with Gasteiger partial charge in [0.25, 0.3) is 0 Å². The zero-order valence-electron chi connectivity index (χ0n) is 7.50. The first-order chi connectivity index (χ1) is 6.19. The maximum absolute atomic E-state index is 13.0. The number of methoxy groups -OCH3 is 1. The Morgan fingerprint density at radius 3 is 2.85 bits per heavy atom. The van der Waals surface area contributed by atoms with Gasteiger partial charge in [-0.05, 0) is 18.6 Å². The van der Waals surface area contributed by atoms with Gasteiger partial charge in [-0.25, -0.2) is 14.2 Å². The maximum atomic E-state index is 13.0. The van der Waals surface area contributed by atoms with Crippen LogP contribution in [-0.4, -0.2) is 18.1 Å². The fourth-order valence-electron chi connectivity index (χ4n) is 0.919. The molecule has 0 amide bonds. The van der Waals surface area contributed by atoms with Crippen LogP contribution in [0.25, 0.3) is 0 Å². The van der Waals surface area contributed by atoms with Gasteiger partial charge >= 0.3 is 5.97 Å². The van der Waals surface area contributed by atoms with Gasteiger partial charge in [-0.15, -0.1) is 0 Å². The Bertz CT molecular complexity index is 325. The van der Waals surface area contributed by atoms with Gasteiger partial charge in [0.15, 0.2) is 11.5 Å². The van der Waals surface area contributed by atoms with Crippen LogP contribution in [0.4, 0.5) is 4.39 Å². The molecule has 0 atom stereocenters. The van der Waals surface area contributed by atoms with Crippen molar-refractivity contribution in [3.05, 3.63) is 29.3 Å². The number of ether oxygens (including phenoxy) is 1. The molecule has 13 heavy (non-hydrogen) atoms. The Morgan fingerprint density at radius 2 is 2.31 bits per heavy atom. The summed E-state index contributed by atoms with van der Waals surface area (Å²) >= 11 is 0. The van der Waals surface area contributed by atoms with E-state index in [1.807, 2.05) is 6.92 Å². The minimum Gasteiger partial charge on any atom is -0.464 e. The third-order valence-corrected chi connectivity index (χ3v) is 1.64. The lowest BCUT2D eigenvalue weighted by Crippen LogP contribution is -2.08. The molecule has 0 saturated heterocycles. The van der Waals surface area contributed by atoms with E-state index < -0.39 is 11.8 Å². The van der Waals surface area contributed by atoms with E-state index in [-0.39, 0.29) is 5.69 Å². The highest BCUT2D eigenvalue weighted by atomic mass is 19.1. The zero-order valence-corrected chi connectivity index (χ0v) is 7.50. The SMILES string of the molecule is CCc1ccc(F)c(C(=O)OC)n1. The van der Waals surface area contributed by atoms with Crippen molar-refractivity contribution in [2.45, 2.75) is 13.3 Å². The second-order valence-corrected chi connectivity index (χ2v) is 2.48. The van der Waals surface area contributed by atoms with Crippen LogP contribution in [0.5, 0.6) is 0 Å². The summed E-state index contributed by atoms with van der Waals surface area (Å²) in [6.07, 6.45) is 0.657. The summed E-state index contributed by atoms with van der Waals surface area (Å²) in [6.45, 7) is 1.88. The van der Waals surface area contributed by atoms with Gasteiger partial charge in [0.2, 0.25) is 0 Å². The molecule has 0 aliphatic rings. The summed E-state index contributed by atoms with van der Waals surface area (Å²) in [7, 11) is 1.20. The molecule has 0 radical (unpaired) electrons. The largest absolute Gasteiger partial charge is 0.464 e. The minimum absolute atomic E-state index is 0.248. The average molecular weight is 183 g/mol. The third kappa shape index (κ3) is 2.02. The fourth-order valence-corrected chi connectivity index (χ4v) is 0.919. The molecular weight excluding hydrogens is 173 g/mol. The second-order valence-electron chi connectivity index (χ2n) is 2.48. The lowest BCUT2D eigenvalue weighted by Gasteiger charge is -2.01. The number of pyridine rings is 1. The van der Waals surface area contributed by atoms with Crippen LogP contribution < -0.4 is 0 Å². The van der Waals surface area contributed by atoms with Gasteiger partial charge < -0.3 is 4.74 Å². The van der Waals surface area contributed by atoms with Crippen molar-refractivity contribution < 1.29 is 13.9 Å². The summed E-state index contributed by atoms with van der Waals surface area (Å²) in [5.74, 6) is -1.39. The Hall–Kier alpha value is -1.45. The average Bonchev–Trinajstić information content (AvgIpc) is 2.17. The number of halogens is 1. The molecule has 1 heterocycles. The normalized spacial score (nSPS) is 9.77. The predicted molar refractivity (Wildman–Crippen MR) is 44.9 cm³/mol. The van der Waals surface area contributed by atoms with Crippen LogP contribution in [0.3, 0.4) is 0 Å². The van der Waals surface area contributed by atoms with Gasteiger partial charge in [0, 0.05) is 5.69 Å². The first-order valence-electron chi connectivity index (χ1n) is 3.92. The van der Waals surface area contributed by atoms with Gasteiger partial charge in [0.05, 0.1) is 7.11 Å². The Labute approximate surface area is 75.6 Å². The van der Waals surface area contributed by atoms with Gasteiger partial charge in [0.1, 0.15) is 0 Å². The molecule has 0 aliphatic heterocycles. The van der Waals surface area contributed by atoms with Crippen molar-refractivity contribution in [2.24, 2.45) is 0 Å². The van der Waals surface area contributed by atoms with E-state index in [1.165, 1.54) is 13.2 Å². The van der Waals surface area contributed by atoms with E-state index in [4.69, 9.17) is 0 Å². The summed E-state index contributed by atoms with van der Waals surface area (Å²) in [6, 6.07) is 2.76. The molecule has 70 valence electrons. The monoisotopic (exact) mass is 183 g/mol. The molecule has 0 bridgehead atoms. The molecular formula is C9H10FNO2. The van der Waals surface area contributed by atoms with Crippen LogP contribution in [0.2, 0.25) is 0 Å². The first kappa shape index (κ1) is 9.64. The Morgan fingerprint density at radius 1 is 1.62 bits per heavy atom. The van der Waals surface area contributed by atoms with Crippen molar-refractivity contribution in [3.8, 4) is 0 Å². The van der Waals surface area contributed by atoms with E-state index in [1.54, 1.807) is 6.07 Å². The second kappa shape index (κ2) is 3.98. The standard InChI is InChI=1S/C9H10FNO2/c1-3-6-4-5-7(10)8(11-6)9(12)13-2/h4-5H,3H2,1-2H3. The lowest BCUT2D eigenvalue weighted by atomic mass is 10.2. The third-order valence-electron chi connectivity index (χ3n) is 1.64. The van der Waals surface area contributed by atoms with Crippen LogP contribution in [0, 0.1) is 5.82 Å². The fraction of sp³-hybridized carbons (Fsp3) is 0.333. The molecule has 1 aromatic rings. The molecule has 3 nitrogen and oxygen atoms in total. The van der Waals surface area contributed by atoms with Crippen molar-refractivity contribution in [2.75, 3.05) is 7.11 Å². The van der Waals surface area contributed by atoms with E-state index in [9.17, 15) is 9.18 Å². The highest BCUT2D eigenvalue weighted by Crippen LogP contribution is 2.07. The van der Waals surface area contributed by atoms with Crippen LogP contribution in [0.15, 0.2) is 12.1 Å². The van der Waals surface area contributed by atoms with Gasteiger partial charge in [-0.2, -0.15) is 0 Å². The van der Waals surface area contributed by atoms with E-state index in [2.05, 4.69) is 9.72 Å². The van der Waals surface area contributed by atoms with E-state index in [0.717, 1.165) is 0 Å². The number of nitrogens with zero attached hydrogens (tertiary/aromatic N) is 1. The molecule has 0 saturated carbocycles. The topological polar surface area (TPSA) is 39.2 Å². The number of hydrogen-bond donors (Lipinski definition) is 0. The number of hydrogen-bond acceptors (Lipinski definition) is 3. The molecule has 0 fully saturated rings. The van der Waals surface area contributed by atoms with Crippen molar-refractivity contribution >= 4 is 5.97 Å². The van der Waals surface area contributed by atoms with Crippen molar-refractivity contribution in [1.29, 1.82) is 0 Å². The van der Waals surface area contributed by atoms with Crippen molar-refractivity contribution in [3.63, 3.8) is 0 Å². The first-order valence-corrected chi connectivity index (χ1v) is 3.92. The number of rotatable bonds is 2. The van der Waals surface area contributed by atoms with Gasteiger partial charge in [-0.1, -0.05) is 6.92 Å². The number of aryl methyl sites for hydroxylation is 1. The maximum Gasteiger partial charge on any atom is 0.359 e. The molecule has 0 aromatic carbocycles. The number of carbonyl (C=O) groups excluding carboxylic acids is 1. The molecule has 4 heteroatoms. The van der Waals surface area contributed by atoms with Crippen molar-refractivity contribution in [1.82, 2.24) is 4.98 Å². The predicted octanol–water partition coefficient (Wildman–Crippen LogP) is 1.57. The van der Waals surface area contributed by atoms with E-state index in [0.29, 0.717) is 12.1 Å². The minimum atomic E-state index is -0.743. The highest BCUT2D eigenvalue weighted by molar-refractivity contribution is 5.87. The molecule has 0 aliphatic carbocycles. The lowest BCUT2D eigenvalue weighted by molar-refractivity contribution is 0.0588.